The molecule has 0 unspecified atom stereocenters. The molecule has 0 saturated heterocycles. The Labute approximate surface area is 195 Å². The molecule has 0 radical (unpaired) electrons. The number of ether oxygens (including phenoxy) is 1. The molecule has 32 heavy (non-hydrogen) atoms. The van der Waals surface area contributed by atoms with Gasteiger partial charge in [0.05, 0.1) is 0 Å². The number of alkyl halides is 1. The number of hydrogen-bond donors (Lipinski definition) is 0. The van der Waals surface area contributed by atoms with Crippen molar-refractivity contribution in [3.63, 3.8) is 0 Å². The average molecular weight is 451 g/mol. The molecule has 0 saturated carbocycles. The fourth-order valence-electron chi connectivity index (χ4n) is 3.33. The summed E-state index contributed by atoms with van der Waals surface area (Å²) in [4.78, 5) is 10.4. The molecule has 0 aliphatic heterocycles. The van der Waals surface area contributed by atoms with E-state index in [9.17, 15) is 0 Å². The molecule has 0 aliphatic carbocycles. The van der Waals surface area contributed by atoms with Crippen LogP contribution in [-0.4, -0.2) is 44.5 Å². The van der Waals surface area contributed by atoms with Crippen LogP contribution >= 0.6 is 11.6 Å². The van der Waals surface area contributed by atoms with Crippen molar-refractivity contribution in [1.82, 2.24) is 4.90 Å². The van der Waals surface area contributed by atoms with Gasteiger partial charge in [0.25, 0.3) is 0 Å². The lowest BCUT2D eigenvalue weighted by atomic mass is 9.88. The quantitative estimate of drug-likeness (QED) is 0.272. The summed E-state index contributed by atoms with van der Waals surface area (Å²) >= 11 is 6.21. The van der Waals surface area contributed by atoms with Crippen LogP contribution in [0.3, 0.4) is 0 Å². The minimum Gasteiger partial charge on any atom is -0.554 e. The fourth-order valence-corrected chi connectivity index (χ4v) is 3.52. The van der Waals surface area contributed by atoms with Gasteiger partial charge in [0.2, 0.25) is 0 Å². The number of halogens is 1. The SMILES string of the molecule is CN(C)CCOc1ccc(/C(=C(/CCCl)c2ccccc2)c2ccccc2)cc1.O=C[O-]. The maximum absolute atomic E-state index is 8.25. The van der Waals surface area contributed by atoms with Gasteiger partial charge >= 0.3 is 0 Å². The normalized spacial score (nSPS) is 11.2. The van der Waals surface area contributed by atoms with Crippen LogP contribution in [0.4, 0.5) is 0 Å². The first-order valence-electron chi connectivity index (χ1n) is 10.4. The molecule has 4 nitrogen and oxygen atoms in total. The molecule has 0 amide bonds. The van der Waals surface area contributed by atoms with Gasteiger partial charge in [0, 0.05) is 18.9 Å². The topological polar surface area (TPSA) is 52.6 Å². The summed E-state index contributed by atoms with van der Waals surface area (Å²) in [5, 5.41) is 8.25. The van der Waals surface area contributed by atoms with Crippen molar-refractivity contribution in [2.45, 2.75) is 6.42 Å². The number of nitrogens with zero attached hydrogens (tertiary/aromatic N) is 1. The van der Waals surface area contributed by atoms with E-state index in [2.05, 4.69) is 77.7 Å². The van der Waals surface area contributed by atoms with Crippen LogP contribution in [0, 0.1) is 0 Å². The third-order valence-corrected chi connectivity index (χ3v) is 4.97. The molecular weight excluding hydrogens is 422 g/mol. The molecule has 3 aromatic rings. The van der Waals surface area contributed by atoms with Crippen molar-refractivity contribution in [3.05, 3.63) is 102 Å². The van der Waals surface area contributed by atoms with Crippen LogP contribution in [-0.2, 0) is 4.79 Å². The van der Waals surface area contributed by atoms with Crippen molar-refractivity contribution >= 4 is 29.2 Å². The zero-order valence-electron chi connectivity index (χ0n) is 18.5. The molecule has 3 rings (SSSR count). The number of hydrogen-bond acceptors (Lipinski definition) is 4. The standard InChI is InChI=1S/C26H28ClNO.CH2O2/c1-28(2)19-20-29-24-15-13-23(14-16-24)26(22-11-7-4-8-12-22)25(17-18-27)21-9-5-3-6-10-21;2-1-3/h3-16H,17-20H2,1-2H3;1H,(H,2,3)/p-1/b26-25-;. The maximum Gasteiger partial charge on any atom is 0.119 e. The monoisotopic (exact) mass is 450 g/mol. The van der Waals surface area contributed by atoms with Gasteiger partial charge < -0.3 is 19.5 Å². The molecular formula is C27H29ClNO3-. The Kier molecular flexibility index (Phi) is 11.1. The van der Waals surface area contributed by atoms with Gasteiger partial charge in [-0.25, -0.2) is 0 Å². The van der Waals surface area contributed by atoms with Gasteiger partial charge in [-0.2, -0.15) is 0 Å². The second-order valence-corrected chi connectivity index (χ2v) is 7.67. The molecule has 3 aromatic carbocycles. The van der Waals surface area contributed by atoms with Crippen LogP contribution in [0.25, 0.3) is 11.1 Å². The number of likely N-dealkylation sites (N-methyl/N-ethyl adjacent to an activating group) is 1. The first-order chi connectivity index (χ1) is 15.6. The smallest absolute Gasteiger partial charge is 0.119 e. The third-order valence-electron chi connectivity index (χ3n) is 4.78. The second-order valence-electron chi connectivity index (χ2n) is 7.30. The van der Waals surface area contributed by atoms with Crippen LogP contribution in [0.1, 0.15) is 23.1 Å². The summed E-state index contributed by atoms with van der Waals surface area (Å²) in [6.07, 6.45) is 0.802. The van der Waals surface area contributed by atoms with Crippen molar-refractivity contribution in [2.24, 2.45) is 0 Å². The molecule has 0 N–H and O–H groups in total. The van der Waals surface area contributed by atoms with E-state index in [1.54, 1.807) is 0 Å². The van der Waals surface area contributed by atoms with Gasteiger partial charge in [-0.15, -0.1) is 11.6 Å². The van der Waals surface area contributed by atoms with Crippen LogP contribution in [0.2, 0.25) is 0 Å². The van der Waals surface area contributed by atoms with Gasteiger partial charge in [-0.05, 0) is 60.5 Å². The zero-order chi connectivity index (χ0) is 23.2. The molecule has 168 valence electrons. The molecule has 0 aromatic heterocycles. The largest absolute Gasteiger partial charge is 0.554 e. The lowest BCUT2D eigenvalue weighted by molar-refractivity contribution is -0.283. The number of carbonyl (C=O) groups is 1. The molecule has 0 heterocycles. The summed E-state index contributed by atoms with van der Waals surface area (Å²) in [6.45, 7) is 1.07. The molecule has 0 fully saturated rings. The van der Waals surface area contributed by atoms with E-state index in [4.69, 9.17) is 26.2 Å². The number of carbonyl (C=O) groups excluding carboxylic acids is 1. The molecule has 0 aliphatic rings. The van der Waals surface area contributed by atoms with Gasteiger partial charge in [-0.1, -0.05) is 72.8 Å². The highest BCUT2D eigenvalue weighted by atomic mass is 35.5. The number of carboxylic acid groups (broad SMARTS) is 1. The van der Waals surface area contributed by atoms with E-state index in [1.165, 1.54) is 27.8 Å². The average Bonchev–Trinajstić information content (AvgIpc) is 2.81. The Balaban J connectivity index is 0.00000114. The first-order valence-corrected chi connectivity index (χ1v) is 11.0. The molecule has 0 atom stereocenters. The summed E-state index contributed by atoms with van der Waals surface area (Å²) in [6, 6.07) is 29.4. The van der Waals surface area contributed by atoms with E-state index in [-0.39, 0.29) is 0 Å². The number of rotatable bonds is 9. The minimum absolute atomic E-state index is 0.500. The van der Waals surface area contributed by atoms with E-state index >= 15 is 0 Å². The van der Waals surface area contributed by atoms with E-state index < -0.39 is 6.47 Å². The zero-order valence-corrected chi connectivity index (χ0v) is 19.3. The third kappa shape index (κ3) is 7.88. The highest BCUT2D eigenvalue weighted by Crippen LogP contribution is 2.35. The lowest BCUT2D eigenvalue weighted by Gasteiger charge is -2.17. The summed E-state index contributed by atoms with van der Waals surface area (Å²) in [7, 11) is 4.09. The number of benzene rings is 3. The molecule has 0 spiro atoms. The van der Waals surface area contributed by atoms with Crippen molar-refractivity contribution in [1.29, 1.82) is 0 Å². The van der Waals surface area contributed by atoms with Crippen LogP contribution in [0.15, 0.2) is 84.9 Å². The summed E-state index contributed by atoms with van der Waals surface area (Å²) < 4.78 is 5.87. The van der Waals surface area contributed by atoms with Gasteiger partial charge in [0.1, 0.15) is 12.4 Å². The Morgan fingerprint density at radius 1 is 0.875 bits per heavy atom. The van der Waals surface area contributed by atoms with Crippen LogP contribution < -0.4 is 9.84 Å². The Bertz CT molecular complexity index is 955. The predicted molar refractivity (Wildman–Crippen MR) is 131 cm³/mol. The van der Waals surface area contributed by atoms with Crippen molar-refractivity contribution in [2.75, 3.05) is 33.1 Å². The van der Waals surface area contributed by atoms with E-state index in [0.29, 0.717) is 12.5 Å². The highest BCUT2D eigenvalue weighted by Gasteiger charge is 2.14. The van der Waals surface area contributed by atoms with E-state index in [1.807, 2.05) is 26.2 Å². The van der Waals surface area contributed by atoms with Crippen molar-refractivity contribution in [3.8, 4) is 5.75 Å². The highest BCUT2D eigenvalue weighted by molar-refractivity contribution is 6.18. The predicted octanol–water partition coefficient (Wildman–Crippen LogP) is 4.58. The Hall–Kier alpha value is -3.08. The van der Waals surface area contributed by atoms with Gasteiger partial charge in [0.15, 0.2) is 0 Å². The number of allylic oxidation sites excluding steroid dienone is 1. The summed E-state index contributed by atoms with van der Waals surface area (Å²) in [5.74, 6) is 1.47. The lowest BCUT2D eigenvalue weighted by Crippen LogP contribution is -2.19. The Morgan fingerprint density at radius 2 is 1.38 bits per heavy atom. The first kappa shape index (κ1) is 25.2. The van der Waals surface area contributed by atoms with Gasteiger partial charge in [-0.3, -0.25) is 0 Å². The maximum atomic E-state index is 8.25. The Morgan fingerprint density at radius 3 is 1.88 bits per heavy atom. The summed E-state index contributed by atoms with van der Waals surface area (Å²) in [5.41, 5.74) is 6.04. The van der Waals surface area contributed by atoms with Crippen LogP contribution in [0.5, 0.6) is 5.75 Å². The fraction of sp³-hybridized carbons (Fsp3) is 0.222. The van der Waals surface area contributed by atoms with Crippen molar-refractivity contribution < 1.29 is 14.6 Å². The molecule has 5 heteroatoms. The minimum atomic E-state index is -0.500. The molecule has 0 bridgehead atoms. The second kappa shape index (κ2) is 14.1. The van der Waals surface area contributed by atoms with E-state index in [0.717, 1.165) is 18.7 Å².